The first kappa shape index (κ1) is 18.9. The van der Waals surface area contributed by atoms with E-state index in [4.69, 9.17) is 4.74 Å². The summed E-state index contributed by atoms with van der Waals surface area (Å²) in [6.07, 6.45) is -0.266. The quantitative estimate of drug-likeness (QED) is 0.869. The summed E-state index contributed by atoms with van der Waals surface area (Å²) in [5.74, 6) is 1.96. The van der Waals surface area contributed by atoms with E-state index in [-0.39, 0.29) is 11.9 Å². The number of aromatic nitrogens is 2. The molecule has 3 rings (SSSR count). The number of rotatable bonds is 5. The zero-order chi connectivity index (χ0) is 19.2. The number of carbonyl (C=O) groups is 1. The van der Waals surface area contributed by atoms with Crippen molar-refractivity contribution in [1.29, 1.82) is 0 Å². The number of piperazine rings is 1. The van der Waals surface area contributed by atoms with Gasteiger partial charge in [0.1, 0.15) is 23.3 Å². The van der Waals surface area contributed by atoms with Crippen molar-refractivity contribution < 1.29 is 13.9 Å². The molecule has 1 amide bonds. The third-order valence-electron chi connectivity index (χ3n) is 4.34. The van der Waals surface area contributed by atoms with E-state index in [1.165, 1.54) is 12.1 Å². The Morgan fingerprint density at radius 3 is 2.56 bits per heavy atom. The maximum atomic E-state index is 13.0. The Kier molecular flexibility index (Phi) is 6.05. The summed E-state index contributed by atoms with van der Waals surface area (Å²) in [6, 6.07) is 8.27. The molecule has 0 unspecified atom stereocenters. The molecule has 1 aliphatic heterocycles. The highest BCUT2D eigenvalue weighted by atomic mass is 19.1. The molecule has 0 spiro atoms. The predicted molar refractivity (Wildman–Crippen MR) is 101 cm³/mol. The van der Waals surface area contributed by atoms with Crippen LogP contribution >= 0.6 is 0 Å². The van der Waals surface area contributed by atoms with E-state index in [9.17, 15) is 9.18 Å². The summed E-state index contributed by atoms with van der Waals surface area (Å²) in [5, 5.41) is 3.26. The molecule has 2 heterocycles. The smallest absolute Gasteiger partial charge is 0.409 e. The molecule has 0 aliphatic carbocycles. The number of halogens is 1. The molecule has 2 aromatic rings. The van der Waals surface area contributed by atoms with Crippen LogP contribution in [-0.4, -0.2) is 53.7 Å². The Balaban J connectivity index is 1.62. The number of aryl methyl sites for hydroxylation is 1. The molecule has 1 aromatic carbocycles. The van der Waals surface area contributed by atoms with Crippen molar-refractivity contribution >= 4 is 17.7 Å². The van der Waals surface area contributed by atoms with E-state index in [0.717, 1.165) is 17.2 Å². The number of amides is 1. The van der Waals surface area contributed by atoms with Crippen molar-refractivity contribution in [3.63, 3.8) is 0 Å². The van der Waals surface area contributed by atoms with Crippen molar-refractivity contribution in [2.24, 2.45) is 0 Å². The minimum atomic E-state index is -0.266. The molecule has 1 aromatic heterocycles. The van der Waals surface area contributed by atoms with Gasteiger partial charge in [-0.05, 0) is 31.5 Å². The molecule has 1 saturated heterocycles. The Morgan fingerprint density at radius 2 is 1.89 bits per heavy atom. The number of carbonyl (C=O) groups excluding carboxylic acids is 1. The van der Waals surface area contributed by atoms with Gasteiger partial charge in [-0.1, -0.05) is 12.1 Å². The zero-order valence-corrected chi connectivity index (χ0v) is 15.6. The number of hydrogen-bond donors (Lipinski definition) is 1. The first-order chi connectivity index (χ1) is 13.0. The van der Waals surface area contributed by atoms with Gasteiger partial charge in [-0.25, -0.2) is 19.2 Å². The van der Waals surface area contributed by atoms with Crippen LogP contribution in [0.15, 0.2) is 30.3 Å². The summed E-state index contributed by atoms with van der Waals surface area (Å²) >= 11 is 0. The average molecular weight is 373 g/mol. The molecular formula is C19H24FN5O2. The van der Waals surface area contributed by atoms with Crippen LogP contribution in [0.5, 0.6) is 0 Å². The minimum Gasteiger partial charge on any atom is -0.450 e. The SMILES string of the molecule is CCOC(=O)N1CCN(c2cc(NCc3ccc(F)cc3)nc(C)n2)CC1. The third-order valence-corrected chi connectivity index (χ3v) is 4.34. The number of nitrogens with one attached hydrogen (secondary N) is 1. The van der Waals surface area contributed by atoms with E-state index in [0.29, 0.717) is 45.2 Å². The molecule has 1 fully saturated rings. The average Bonchev–Trinajstić information content (AvgIpc) is 2.67. The lowest BCUT2D eigenvalue weighted by Crippen LogP contribution is -2.49. The Bertz CT molecular complexity index is 776. The van der Waals surface area contributed by atoms with Crippen LogP contribution in [0.25, 0.3) is 0 Å². The first-order valence-electron chi connectivity index (χ1n) is 9.06. The van der Waals surface area contributed by atoms with E-state index < -0.39 is 0 Å². The molecule has 0 radical (unpaired) electrons. The maximum Gasteiger partial charge on any atom is 0.409 e. The molecule has 0 bridgehead atoms. The molecule has 27 heavy (non-hydrogen) atoms. The van der Waals surface area contributed by atoms with Crippen LogP contribution in [0, 0.1) is 12.7 Å². The summed E-state index contributed by atoms with van der Waals surface area (Å²) < 4.78 is 18.1. The van der Waals surface area contributed by atoms with Gasteiger partial charge in [0, 0.05) is 38.8 Å². The number of anilines is 2. The maximum absolute atomic E-state index is 13.0. The fraction of sp³-hybridized carbons (Fsp3) is 0.421. The highest BCUT2D eigenvalue weighted by molar-refractivity contribution is 5.68. The highest BCUT2D eigenvalue weighted by Gasteiger charge is 2.23. The van der Waals surface area contributed by atoms with Crippen LogP contribution in [0.4, 0.5) is 20.8 Å². The third kappa shape index (κ3) is 5.06. The lowest BCUT2D eigenvalue weighted by molar-refractivity contribution is 0.105. The Labute approximate surface area is 158 Å². The summed E-state index contributed by atoms with van der Waals surface area (Å²) in [5.41, 5.74) is 0.970. The molecule has 1 aliphatic rings. The molecule has 0 atom stereocenters. The van der Waals surface area contributed by atoms with Crippen LogP contribution in [0.2, 0.25) is 0 Å². The van der Waals surface area contributed by atoms with Gasteiger partial charge in [0.2, 0.25) is 0 Å². The number of nitrogens with zero attached hydrogens (tertiary/aromatic N) is 4. The Hall–Kier alpha value is -2.90. The minimum absolute atomic E-state index is 0.249. The van der Waals surface area contributed by atoms with Gasteiger partial charge >= 0.3 is 6.09 Å². The molecular weight excluding hydrogens is 349 g/mol. The van der Waals surface area contributed by atoms with Gasteiger partial charge in [-0.3, -0.25) is 0 Å². The van der Waals surface area contributed by atoms with Crippen molar-refractivity contribution in [2.75, 3.05) is 43.0 Å². The number of benzene rings is 1. The van der Waals surface area contributed by atoms with Crippen molar-refractivity contribution in [3.05, 3.63) is 47.5 Å². The fourth-order valence-electron chi connectivity index (χ4n) is 2.93. The lowest BCUT2D eigenvalue weighted by Gasteiger charge is -2.34. The highest BCUT2D eigenvalue weighted by Crippen LogP contribution is 2.19. The predicted octanol–water partition coefficient (Wildman–Crippen LogP) is 2.81. The zero-order valence-electron chi connectivity index (χ0n) is 15.6. The molecule has 0 saturated carbocycles. The standard InChI is InChI=1S/C19H24FN5O2/c1-3-27-19(26)25-10-8-24(9-11-25)18-12-17(22-14(2)23-18)21-13-15-4-6-16(20)7-5-15/h4-7,12H,3,8-11,13H2,1-2H3,(H,21,22,23). The second kappa shape index (κ2) is 8.66. The summed E-state index contributed by atoms with van der Waals surface area (Å²) in [4.78, 5) is 24.6. The molecule has 1 N–H and O–H groups in total. The second-order valence-electron chi connectivity index (χ2n) is 6.31. The van der Waals surface area contributed by atoms with Crippen LogP contribution in [0.3, 0.4) is 0 Å². The fourth-order valence-corrected chi connectivity index (χ4v) is 2.93. The van der Waals surface area contributed by atoms with Crippen LogP contribution < -0.4 is 10.2 Å². The van der Waals surface area contributed by atoms with Crippen LogP contribution in [0.1, 0.15) is 18.3 Å². The van der Waals surface area contributed by atoms with Gasteiger partial charge in [0.15, 0.2) is 0 Å². The van der Waals surface area contributed by atoms with Crippen molar-refractivity contribution in [1.82, 2.24) is 14.9 Å². The summed E-state index contributed by atoms with van der Waals surface area (Å²) in [6.45, 7) is 7.15. The van der Waals surface area contributed by atoms with Gasteiger partial charge in [-0.15, -0.1) is 0 Å². The van der Waals surface area contributed by atoms with Gasteiger partial charge in [-0.2, -0.15) is 0 Å². The van der Waals surface area contributed by atoms with E-state index in [2.05, 4.69) is 20.2 Å². The lowest BCUT2D eigenvalue weighted by atomic mass is 10.2. The van der Waals surface area contributed by atoms with E-state index in [1.807, 2.05) is 13.0 Å². The van der Waals surface area contributed by atoms with Crippen molar-refractivity contribution in [3.8, 4) is 0 Å². The van der Waals surface area contributed by atoms with Gasteiger partial charge < -0.3 is 19.9 Å². The summed E-state index contributed by atoms with van der Waals surface area (Å²) in [7, 11) is 0. The largest absolute Gasteiger partial charge is 0.450 e. The number of ether oxygens (including phenoxy) is 1. The van der Waals surface area contributed by atoms with Gasteiger partial charge in [0.25, 0.3) is 0 Å². The molecule has 144 valence electrons. The van der Waals surface area contributed by atoms with E-state index in [1.54, 1.807) is 24.0 Å². The topological polar surface area (TPSA) is 70.6 Å². The van der Waals surface area contributed by atoms with Crippen LogP contribution in [-0.2, 0) is 11.3 Å². The van der Waals surface area contributed by atoms with Crippen molar-refractivity contribution in [2.45, 2.75) is 20.4 Å². The van der Waals surface area contributed by atoms with Gasteiger partial charge in [0.05, 0.1) is 6.61 Å². The monoisotopic (exact) mass is 373 g/mol. The molecule has 7 nitrogen and oxygen atoms in total. The second-order valence-corrected chi connectivity index (χ2v) is 6.31. The Morgan fingerprint density at radius 1 is 1.19 bits per heavy atom. The number of hydrogen-bond acceptors (Lipinski definition) is 6. The normalized spacial score (nSPS) is 14.2. The van der Waals surface area contributed by atoms with E-state index >= 15 is 0 Å². The first-order valence-corrected chi connectivity index (χ1v) is 9.06. The molecule has 8 heteroatoms.